The molecule has 0 saturated heterocycles. The molecule has 1 aliphatic carbocycles. The Bertz CT molecular complexity index is 565. The molecular formula is C16H19N3. The zero-order valence-corrected chi connectivity index (χ0v) is 11.2. The molecule has 98 valence electrons. The van der Waals surface area contributed by atoms with E-state index >= 15 is 0 Å². The summed E-state index contributed by atoms with van der Waals surface area (Å²) in [7, 11) is 0. The molecule has 2 aromatic rings. The fourth-order valence-electron chi connectivity index (χ4n) is 2.06. The molecule has 3 rings (SSSR count). The van der Waals surface area contributed by atoms with E-state index in [1.165, 1.54) is 18.4 Å². The summed E-state index contributed by atoms with van der Waals surface area (Å²) in [6.45, 7) is 3.14. The van der Waals surface area contributed by atoms with Gasteiger partial charge in [-0.15, -0.1) is 0 Å². The molecule has 0 unspecified atom stereocenters. The van der Waals surface area contributed by atoms with Gasteiger partial charge in [-0.2, -0.15) is 5.10 Å². The first kappa shape index (κ1) is 12.2. The molecule has 1 N–H and O–H groups in total. The highest BCUT2D eigenvalue weighted by Crippen LogP contribution is 2.19. The Morgan fingerprint density at radius 1 is 1.37 bits per heavy atom. The summed E-state index contributed by atoms with van der Waals surface area (Å²) in [5.74, 6) is 0. The third-order valence-corrected chi connectivity index (χ3v) is 3.28. The molecule has 1 aliphatic rings. The molecule has 0 atom stereocenters. The monoisotopic (exact) mass is 253 g/mol. The third kappa shape index (κ3) is 3.32. The van der Waals surface area contributed by atoms with Gasteiger partial charge < -0.3 is 5.32 Å². The van der Waals surface area contributed by atoms with Gasteiger partial charge in [-0.05, 0) is 31.9 Å². The largest absolute Gasteiger partial charge is 0.310 e. The van der Waals surface area contributed by atoms with E-state index in [1.807, 2.05) is 29.1 Å². The second-order valence-corrected chi connectivity index (χ2v) is 5.20. The van der Waals surface area contributed by atoms with Crippen LogP contribution >= 0.6 is 0 Å². The van der Waals surface area contributed by atoms with Gasteiger partial charge in [-0.3, -0.25) is 0 Å². The van der Waals surface area contributed by atoms with Crippen LogP contribution in [0.5, 0.6) is 0 Å². The number of benzene rings is 1. The highest BCUT2D eigenvalue weighted by molar-refractivity contribution is 5.51. The van der Waals surface area contributed by atoms with Gasteiger partial charge in [0, 0.05) is 24.3 Å². The van der Waals surface area contributed by atoms with Gasteiger partial charge in [-0.1, -0.05) is 29.8 Å². The van der Waals surface area contributed by atoms with Crippen LogP contribution in [0, 0.1) is 0 Å². The second-order valence-electron chi connectivity index (χ2n) is 5.20. The zero-order valence-electron chi connectivity index (χ0n) is 11.2. The van der Waals surface area contributed by atoms with E-state index in [9.17, 15) is 0 Å². The van der Waals surface area contributed by atoms with Gasteiger partial charge in [-0.25, -0.2) is 4.68 Å². The molecule has 0 aliphatic heterocycles. The topological polar surface area (TPSA) is 29.9 Å². The van der Waals surface area contributed by atoms with Crippen LogP contribution in [-0.2, 0) is 0 Å². The highest BCUT2D eigenvalue weighted by Gasteiger charge is 2.19. The summed E-state index contributed by atoms with van der Waals surface area (Å²) in [5, 5.41) is 7.92. The summed E-state index contributed by atoms with van der Waals surface area (Å²) in [5.41, 5.74) is 3.59. The lowest BCUT2D eigenvalue weighted by molar-refractivity contribution is 0.736. The average Bonchev–Trinajstić information content (AvgIpc) is 3.16. The maximum atomic E-state index is 4.40. The Morgan fingerprint density at radius 3 is 2.89 bits per heavy atom. The maximum absolute atomic E-state index is 4.40. The van der Waals surface area contributed by atoms with E-state index < -0.39 is 0 Å². The van der Waals surface area contributed by atoms with Crippen molar-refractivity contribution in [2.24, 2.45) is 0 Å². The summed E-state index contributed by atoms with van der Waals surface area (Å²) < 4.78 is 1.91. The number of hydrogen-bond donors (Lipinski definition) is 1. The lowest BCUT2D eigenvalue weighted by atomic mass is 10.2. The molecule has 1 aromatic heterocycles. The Morgan fingerprint density at radius 2 is 2.16 bits per heavy atom. The summed E-state index contributed by atoms with van der Waals surface area (Å²) in [6, 6.07) is 10.9. The van der Waals surface area contributed by atoms with Crippen LogP contribution in [0.1, 0.15) is 25.3 Å². The molecule has 1 fully saturated rings. The van der Waals surface area contributed by atoms with Gasteiger partial charge in [0.1, 0.15) is 0 Å². The van der Waals surface area contributed by atoms with Gasteiger partial charge in [0.25, 0.3) is 0 Å². The van der Waals surface area contributed by atoms with E-state index in [2.05, 4.69) is 41.7 Å². The van der Waals surface area contributed by atoms with Crippen molar-refractivity contribution in [1.82, 2.24) is 15.1 Å². The Kier molecular flexibility index (Phi) is 3.47. The van der Waals surface area contributed by atoms with Crippen LogP contribution in [-0.4, -0.2) is 22.4 Å². The van der Waals surface area contributed by atoms with Crippen molar-refractivity contribution >= 4 is 6.08 Å². The number of hydrogen-bond acceptors (Lipinski definition) is 2. The molecular weight excluding hydrogens is 234 g/mol. The predicted molar refractivity (Wildman–Crippen MR) is 78.2 cm³/mol. The molecule has 0 bridgehead atoms. The van der Waals surface area contributed by atoms with E-state index in [4.69, 9.17) is 0 Å². The lowest BCUT2D eigenvalue weighted by Gasteiger charge is -2.02. The smallest absolute Gasteiger partial charge is 0.0645 e. The molecule has 1 aromatic carbocycles. The average molecular weight is 253 g/mol. The van der Waals surface area contributed by atoms with Crippen molar-refractivity contribution in [3.05, 3.63) is 53.9 Å². The lowest BCUT2D eigenvalue weighted by Crippen LogP contribution is -2.18. The van der Waals surface area contributed by atoms with Crippen molar-refractivity contribution < 1.29 is 0 Å². The number of nitrogens with zero attached hydrogens (tertiary/aromatic N) is 2. The van der Waals surface area contributed by atoms with Crippen molar-refractivity contribution in [3.8, 4) is 5.69 Å². The first-order chi connectivity index (χ1) is 9.31. The van der Waals surface area contributed by atoms with Crippen LogP contribution in [0.4, 0.5) is 0 Å². The predicted octanol–water partition coefficient (Wildman–Crippen LogP) is 3.03. The quantitative estimate of drug-likeness (QED) is 0.887. The van der Waals surface area contributed by atoms with E-state index in [-0.39, 0.29) is 0 Å². The molecule has 19 heavy (non-hydrogen) atoms. The molecule has 1 heterocycles. The van der Waals surface area contributed by atoms with Crippen LogP contribution < -0.4 is 5.32 Å². The Labute approximate surface area is 114 Å². The first-order valence-corrected chi connectivity index (χ1v) is 6.82. The van der Waals surface area contributed by atoms with Gasteiger partial charge in [0.2, 0.25) is 0 Å². The SMILES string of the molecule is CC(=Cc1cnn(-c2ccccc2)c1)CNC1CC1. The van der Waals surface area contributed by atoms with Gasteiger partial charge in [0.15, 0.2) is 0 Å². The van der Waals surface area contributed by atoms with Crippen molar-refractivity contribution in [1.29, 1.82) is 0 Å². The molecule has 0 radical (unpaired) electrons. The number of rotatable bonds is 5. The van der Waals surface area contributed by atoms with Crippen LogP contribution in [0.3, 0.4) is 0 Å². The molecule has 0 amide bonds. The minimum atomic E-state index is 0.760. The normalized spacial score (nSPS) is 15.7. The van der Waals surface area contributed by atoms with Crippen LogP contribution in [0.15, 0.2) is 48.3 Å². The molecule has 1 saturated carbocycles. The van der Waals surface area contributed by atoms with Crippen LogP contribution in [0.2, 0.25) is 0 Å². The van der Waals surface area contributed by atoms with Crippen LogP contribution in [0.25, 0.3) is 11.8 Å². The highest BCUT2D eigenvalue weighted by atomic mass is 15.3. The van der Waals surface area contributed by atoms with Gasteiger partial charge in [0.05, 0.1) is 11.9 Å². The fraction of sp³-hybridized carbons (Fsp3) is 0.312. The van der Waals surface area contributed by atoms with E-state index in [0.29, 0.717) is 0 Å². The minimum Gasteiger partial charge on any atom is -0.310 e. The molecule has 3 nitrogen and oxygen atoms in total. The zero-order chi connectivity index (χ0) is 13.1. The summed E-state index contributed by atoms with van der Waals surface area (Å²) >= 11 is 0. The first-order valence-electron chi connectivity index (χ1n) is 6.82. The Hall–Kier alpha value is -1.87. The second kappa shape index (κ2) is 5.41. The van der Waals surface area contributed by atoms with Crippen molar-refractivity contribution in [2.45, 2.75) is 25.8 Å². The third-order valence-electron chi connectivity index (χ3n) is 3.28. The molecule has 0 spiro atoms. The Balaban J connectivity index is 1.68. The summed E-state index contributed by atoms with van der Waals surface area (Å²) in [6.07, 6.45) is 8.84. The minimum absolute atomic E-state index is 0.760. The van der Waals surface area contributed by atoms with E-state index in [0.717, 1.165) is 23.8 Å². The molecule has 3 heteroatoms. The summed E-state index contributed by atoms with van der Waals surface area (Å²) in [4.78, 5) is 0. The van der Waals surface area contributed by atoms with Gasteiger partial charge >= 0.3 is 0 Å². The maximum Gasteiger partial charge on any atom is 0.0645 e. The standard InChI is InChI=1S/C16H19N3/c1-13(10-17-15-7-8-15)9-14-11-18-19(12-14)16-5-3-2-4-6-16/h2-6,9,11-12,15,17H,7-8,10H2,1H3. The number of aromatic nitrogens is 2. The fourth-order valence-corrected chi connectivity index (χ4v) is 2.06. The number of para-hydroxylation sites is 1. The van der Waals surface area contributed by atoms with Crippen molar-refractivity contribution in [2.75, 3.05) is 6.54 Å². The van der Waals surface area contributed by atoms with Crippen molar-refractivity contribution in [3.63, 3.8) is 0 Å². The number of nitrogens with one attached hydrogen (secondary N) is 1. The van der Waals surface area contributed by atoms with E-state index in [1.54, 1.807) is 0 Å².